The number of primary amides is 1. The molecule has 0 aliphatic rings. The van der Waals surface area contributed by atoms with Gasteiger partial charge in [0.25, 0.3) is 5.91 Å². The van der Waals surface area contributed by atoms with Gasteiger partial charge in [0, 0.05) is 4.47 Å². The zero-order valence-corrected chi connectivity index (χ0v) is 10.8. The number of carbonyl (C=O) groups is 2. The molecule has 0 aliphatic heterocycles. The molecule has 4 N–H and O–H groups in total. The van der Waals surface area contributed by atoms with Gasteiger partial charge < -0.3 is 16.2 Å². The van der Waals surface area contributed by atoms with E-state index in [1.807, 2.05) is 6.92 Å². The van der Waals surface area contributed by atoms with Crippen LogP contribution in [0.15, 0.2) is 22.7 Å². The van der Waals surface area contributed by atoms with Crippen LogP contribution in [0.3, 0.4) is 0 Å². The minimum absolute atomic E-state index is 0.200. The summed E-state index contributed by atoms with van der Waals surface area (Å²) in [5.74, 6) is -1.24. The van der Waals surface area contributed by atoms with Crippen molar-refractivity contribution in [1.82, 2.24) is 5.32 Å². The molecule has 0 aromatic heterocycles. The Kier molecular flexibility index (Phi) is 4.65. The van der Waals surface area contributed by atoms with Crippen LogP contribution in [0.5, 0.6) is 0 Å². The molecular formula is C11H13BrN2O3. The number of amides is 2. The Morgan fingerprint density at radius 1 is 1.53 bits per heavy atom. The van der Waals surface area contributed by atoms with Gasteiger partial charge in [0.1, 0.15) is 6.10 Å². The molecule has 6 heteroatoms. The number of carbonyl (C=O) groups excluding carboxylic acids is 2. The number of rotatable bonds is 4. The van der Waals surface area contributed by atoms with Crippen LogP contribution < -0.4 is 11.1 Å². The third-order valence-corrected chi connectivity index (χ3v) is 2.81. The largest absolute Gasteiger partial charge is 0.381 e. The van der Waals surface area contributed by atoms with E-state index in [1.54, 1.807) is 18.2 Å². The van der Waals surface area contributed by atoms with Gasteiger partial charge >= 0.3 is 0 Å². The number of benzene rings is 1. The summed E-state index contributed by atoms with van der Waals surface area (Å²) < 4.78 is 0.656. The lowest BCUT2D eigenvalue weighted by Crippen LogP contribution is -2.40. The van der Waals surface area contributed by atoms with Crippen LogP contribution in [0, 0.1) is 6.92 Å². The Hall–Kier alpha value is -1.40. The van der Waals surface area contributed by atoms with Crippen molar-refractivity contribution in [2.24, 2.45) is 5.73 Å². The average Bonchev–Trinajstić information content (AvgIpc) is 2.25. The fraction of sp³-hybridized carbons (Fsp3) is 0.273. The molecule has 1 atom stereocenters. The lowest BCUT2D eigenvalue weighted by molar-refractivity contribution is -0.125. The fourth-order valence-corrected chi connectivity index (χ4v) is 1.86. The molecule has 0 bridgehead atoms. The van der Waals surface area contributed by atoms with E-state index < -0.39 is 12.0 Å². The van der Waals surface area contributed by atoms with Crippen molar-refractivity contribution in [2.45, 2.75) is 13.0 Å². The molecule has 1 unspecified atom stereocenters. The normalized spacial score (nSPS) is 11.9. The maximum Gasteiger partial charge on any atom is 0.252 e. The molecule has 1 aromatic rings. The van der Waals surface area contributed by atoms with Gasteiger partial charge in [0.2, 0.25) is 5.91 Å². The van der Waals surface area contributed by atoms with Gasteiger partial charge in [0.15, 0.2) is 0 Å². The first-order valence-electron chi connectivity index (χ1n) is 4.93. The summed E-state index contributed by atoms with van der Waals surface area (Å²) in [6, 6.07) is 5.26. The lowest BCUT2D eigenvalue weighted by Gasteiger charge is -2.09. The highest BCUT2D eigenvalue weighted by atomic mass is 79.9. The topological polar surface area (TPSA) is 92.4 Å². The van der Waals surface area contributed by atoms with E-state index in [0.717, 1.165) is 5.56 Å². The van der Waals surface area contributed by atoms with E-state index >= 15 is 0 Å². The molecule has 0 spiro atoms. The fourth-order valence-electron chi connectivity index (χ4n) is 1.19. The second kappa shape index (κ2) is 5.79. The van der Waals surface area contributed by atoms with Gasteiger partial charge in [-0.25, -0.2) is 0 Å². The molecule has 0 saturated heterocycles. The molecule has 1 aromatic carbocycles. The number of nitrogens with one attached hydrogen (secondary N) is 1. The number of hydrogen-bond donors (Lipinski definition) is 3. The quantitative estimate of drug-likeness (QED) is 0.748. The summed E-state index contributed by atoms with van der Waals surface area (Å²) in [6.07, 6.45) is -1.37. The number of aliphatic hydroxyl groups is 1. The van der Waals surface area contributed by atoms with Crippen molar-refractivity contribution in [3.8, 4) is 0 Å². The molecule has 1 rings (SSSR count). The van der Waals surface area contributed by atoms with Crippen molar-refractivity contribution in [3.05, 3.63) is 33.8 Å². The number of halogens is 1. The third kappa shape index (κ3) is 3.83. The Balaban J connectivity index is 2.67. The zero-order chi connectivity index (χ0) is 13.0. The first-order valence-corrected chi connectivity index (χ1v) is 5.73. The van der Waals surface area contributed by atoms with Crippen LogP contribution in [0.25, 0.3) is 0 Å². The van der Waals surface area contributed by atoms with E-state index in [1.165, 1.54) is 0 Å². The molecule has 0 fully saturated rings. The minimum Gasteiger partial charge on any atom is -0.381 e. The Morgan fingerprint density at radius 2 is 2.18 bits per heavy atom. The highest BCUT2D eigenvalue weighted by Crippen LogP contribution is 2.18. The number of nitrogens with two attached hydrogens (primary N) is 1. The summed E-state index contributed by atoms with van der Waals surface area (Å²) in [5.41, 5.74) is 6.32. The zero-order valence-electron chi connectivity index (χ0n) is 9.24. The van der Waals surface area contributed by atoms with Gasteiger partial charge in [-0.2, -0.15) is 0 Å². The second-order valence-electron chi connectivity index (χ2n) is 3.61. The maximum atomic E-state index is 11.7. The Labute approximate surface area is 107 Å². The highest BCUT2D eigenvalue weighted by molar-refractivity contribution is 9.10. The average molecular weight is 301 g/mol. The Bertz CT molecular complexity index is 448. The van der Waals surface area contributed by atoms with Gasteiger partial charge in [-0.05, 0) is 40.5 Å². The first kappa shape index (κ1) is 13.7. The molecular weight excluding hydrogens is 288 g/mol. The molecule has 0 saturated carbocycles. The SMILES string of the molecule is Cc1ccc(C(=O)NCC(O)C(N)=O)c(Br)c1. The summed E-state index contributed by atoms with van der Waals surface area (Å²) in [4.78, 5) is 22.3. The number of hydrogen-bond acceptors (Lipinski definition) is 3. The standard InChI is InChI=1S/C11H13BrN2O3/c1-6-2-3-7(8(12)4-6)11(17)14-5-9(15)10(13)16/h2-4,9,15H,5H2,1H3,(H2,13,16)(H,14,17). The predicted molar refractivity (Wildman–Crippen MR) is 66.4 cm³/mol. The number of aliphatic hydroxyl groups excluding tert-OH is 1. The number of aryl methyl sites for hydroxylation is 1. The molecule has 92 valence electrons. The van der Waals surface area contributed by atoms with E-state index in [9.17, 15) is 9.59 Å². The van der Waals surface area contributed by atoms with Crippen LogP contribution >= 0.6 is 15.9 Å². The van der Waals surface area contributed by atoms with Crippen LogP contribution in [-0.4, -0.2) is 29.6 Å². The third-order valence-electron chi connectivity index (χ3n) is 2.15. The highest BCUT2D eigenvalue weighted by Gasteiger charge is 2.14. The van der Waals surface area contributed by atoms with Crippen molar-refractivity contribution in [2.75, 3.05) is 6.54 Å². The van der Waals surface area contributed by atoms with Gasteiger partial charge in [0.05, 0.1) is 12.1 Å². The monoisotopic (exact) mass is 300 g/mol. The molecule has 2 amide bonds. The summed E-state index contributed by atoms with van der Waals surface area (Å²) in [7, 11) is 0. The van der Waals surface area contributed by atoms with Crippen LogP contribution in [0.2, 0.25) is 0 Å². The van der Waals surface area contributed by atoms with E-state index in [0.29, 0.717) is 10.0 Å². The first-order chi connectivity index (χ1) is 7.91. The Morgan fingerprint density at radius 3 is 2.71 bits per heavy atom. The van der Waals surface area contributed by atoms with Gasteiger partial charge in [-0.15, -0.1) is 0 Å². The van der Waals surface area contributed by atoms with Gasteiger partial charge in [-0.1, -0.05) is 6.07 Å². The molecule has 0 radical (unpaired) electrons. The second-order valence-corrected chi connectivity index (χ2v) is 4.47. The summed E-state index contributed by atoms with van der Waals surface area (Å²) in [6.45, 7) is 1.71. The van der Waals surface area contributed by atoms with Crippen LogP contribution in [0.1, 0.15) is 15.9 Å². The lowest BCUT2D eigenvalue weighted by atomic mass is 10.1. The van der Waals surface area contributed by atoms with Crippen molar-refractivity contribution in [3.63, 3.8) is 0 Å². The molecule has 0 heterocycles. The predicted octanol–water partition coefficient (Wildman–Crippen LogP) is 0.334. The van der Waals surface area contributed by atoms with Crippen molar-refractivity contribution >= 4 is 27.7 Å². The van der Waals surface area contributed by atoms with Crippen molar-refractivity contribution < 1.29 is 14.7 Å². The summed E-state index contributed by atoms with van der Waals surface area (Å²) >= 11 is 3.27. The maximum absolute atomic E-state index is 11.7. The van der Waals surface area contributed by atoms with E-state index in [-0.39, 0.29) is 12.5 Å². The smallest absolute Gasteiger partial charge is 0.252 e. The summed E-state index contributed by atoms with van der Waals surface area (Å²) in [5, 5.41) is 11.6. The van der Waals surface area contributed by atoms with E-state index in [4.69, 9.17) is 10.8 Å². The van der Waals surface area contributed by atoms with E-state index in [2.05, 4.69) is 21.2 Å². The minimum atomic E-state index is -1.37. The van der Waals surface area contributed by atoms with Crippen LogP contribution in [0.4, 0.5) is 0 Å². The van der Waals surface area contributed by atoms with Crippen molar-refractivity contribution in [1.29, 1.82) is 0 Å². The molecule has 17 heavy (non-hydrogen) atoms. The van der Waals surface area contributed by atoms with Crippen LogP contribution in [-0.2, 0) is 4.79 Å². The molecule has 0 aliphatic carbocycles. The van der Waals surface area contributed by atoms with Gasteiger partial charge in [-0.3, -0.25) is 9.59 Å². The molecule has 5 nitrogen and oxygen atoms in total.